The molecule has 0 bridgehead atoms. The molecule has 78 valence electrons. The van der Waals surface area contributed by atoms with Gasteiger partial charge in [0.15, 0.2) is 5.82 Å². The minimum Gasteiger partial charge on any atom is -0.236 e. The van der Waals surface area contributed by atoms with Crippen molar-refractivity contribution >= 4 is 0 Å². The Bertz CT molecular complexity index is 555. The molecular weight excluding hydrogens is 205 g/mol. The van der Waals surface area contributed by atoms with Crippen LogP contribution in [-0.4, -0.2) is 9.97 Å². The molecule has 2 aromatic rings. The van der Waals surface area contributed by atoms with Crippen molar-refractivity contribution in [1.29, 1.82) is 5.26 Å². The summed E-state index contributed by atoms with van der Waals surface area (Å²) in [5.41, 5.74) is 1.53. The van der Waals surface area contributed by atoms with Crippen LogP contribution in [0.15, 0.2) is 30.6 Å². The highest BCUT2D eigenvalue weighted by atomic mass is 19.1. The molecule has 0 aliphatic heterocycles. The number of nitrogens with zero attached hydrogens (tertiary/aromatic N) is 3. The molecule has 0 N–H and O–H groups in total. The molecule has 1 aromatic heterocycles. The third kappa shape index (κ3) is 1.89. The van der Waals surface area contributed by atoms with Gasteiger partial charge in [0, 0.05) is 18.0 Å². The lowest BCUT2D eigenvalue weighted by Gasteiger charge is -2.01. The maximum atomic E-state index is 13.3. The van der Waals surface area contributed by atoms with Crippen LogP contribution in [0.1, 0.15) is 11.1 Å². The topological polar surface area (TPSA) is 49.6 Å². The fourth-order valence-corrected chi connectivity index (χ4v) is 1.29. The highest BCUT2D eigenvalue weighted by molar-refractivity contribution is 5.56. The first-order valence-corrected chi connectivity index (χ1v) is 4.69. The van der Waals surface area contributed by atoms with Crippen molar-refractivity contribution in [3.8, 4) is 17.5 Å². The van der Waals surface area contributed by atoms with E-state index in [1.54, 1.807) is 24.5 Å². The van der Waals surface area contributed by atoms with Gasteiger partial charge in [0.25, 0.3) is 0 Å². The number of aryl methyl sites for hydroxylation is 1. The van der Waals surface area contributed by atoms with Crippen LogP contribution in [0.25, 0.3) is 11.4 Å². The van der Waals surface area contributed by atoms with Gasteiger partial charge in [-0.25, -0.2) is 14.4 Å². The lowest BCUT2D eigenvalue weighted by atomic mass is 10.1. The van der Waals surface area contributed by atoms with Crippen LogP contribution in [0.5, 0.6) is 0 Å². The van der Waals surface area contributed by atoms with Gasteiger partial charge in [0.1, 0.15) is 11.9 Å². The van der Waals surface area contributed by atoms with Gasteiger partial charge in [0.05, 0.1) is 5.56 Å². The Hall–Kier alpha value is -2.28. The van der Waals surface area contributed by atoms with Gasteiger partial charge in [-0.3, -0.25) is 0 Å². The van der Waals surface area contributed by atoms with E-state index in [1.807, 2.05) is 6.92 Å². The number of rotatable bonds is 1. The van der Waals surface area contributed by atoms with E-state index in [1.165, 1.54) is 12.1 Å². The van der Waals surface area contributed by atoms with Crippen LogP contribution < -0.4 is 0 Å². The van der Waals surface area contributed by atoms with Crippen molar-refractivity contribution in [3.05, 3.63) is 47.5 Å². The predicted octanol–water partition coefficient (Wildman–Crippen LogP) is 2.46. The van der Waals surface area contributed by atoms with Crippen LogP contribution >= 0.6 is 0 Å². The molecule has 3 nitrogen and oxygen atoms in total. The van der Waals surface area contributed by atoms with Crippen molar-refractivity contribution in [3.63, 3.8) is 0 Å². The Morgan fingerprint density at radius 1 is 1.25 bits per heavy atom. The van der Waals surface area contributed by atoms with E-state index in [2.05, 4.69) is 9.97 Å². The molecule has 1 aromatic carbocycles. The molecule has 2 rings (SSSR count). The highest BCUT2D eigenvalue weighted by Crippen LogP contribution is 2.17. The normalized spacial score (nSPS) is 9.81. The summed E-state index contributed by atoms with van der Waals surface area (Å²) >= 11 is 0. The van der Waals surface area contributed by atoms with E-state index in [9.17, 15) is 4.39 Å². The smallest absolute Gasteiger partial charge is 0.159 e. The lowest BCUT2D eigenvalue weighted by Crippen LogP contribution is -1.91. The van der Waals surface area contributed by atoms with Crippen molar-refractivity contribution in [2.24, 2.45) is 0 Å². The third-order valence-electron chi connectivity index (χ3n) is 2.13. The Morgan fingerprint density at radius 3 is 2.50 bits per heavy atom. The van der Waals surface area contributed by atoms with Gasteiger partial charge in [-0.15, -0.1) is 0 Å². The summed E-state index contributed by atoms with van der Waals surface area (Å²) in [7, 11) is 0. The number of hydrogen-bond donors (Lipinski definition) is 0. The Kier molecular flexibility index (Phi) is 2.61. The zero-order chi connectivity index (χ0) is 11.5. The average molecular weight is 213 g/mol. The molecule has 1 heterocycles. The zero-order valence-electron chi connectivity index (χ0n) is 8.61. The minimum atomic E-state index is -0.552. The molecule has 0 saturated carbocycles. The van der Waals surface area contributed by atoms with Gasteiger partial charge in [-0.2, -0.15) is 5.26 Å². The Morgan fingerprint density at radius 2 is 1.94 bits per heavy atom. The molecule has 16 heavy (non-hydrogen) atoms. The zero-order valence-corrected chi connectivity index (χ0v) is 8.61. The van der Waals surface area contributed by atoms with Crippen molar-refractivity contribution in [2.75, 3.05) is 0 Å². The van der Waals surface area contributed by atoms with Gasteiger partial charge in [0.2, 0.25) is 0 Å². The van der Waals surface area contributed by atoms with Crippen LogP contribution in [0.4, 0.5) is 4.39 Å². The van der Waals surface area contributed by atoms with Crippen molar-refractivity contribution in [2.45, 2.75) is 6.92 Å². The molecule has 0 fully saturated rings. The number of aromatic nitrogens is 2. The second-order valence-corrected chi connectivity index (χ2v) is 3.39. The van der Waals surface area contributed by atoms with E-state index in [-0.39, 0.29) is 5.56 Å². The van der Waals surface area contributed by atoms with Crippen LogP contribution in [0.2, 0.25) is 0 Å². The Labute approximate surface area is 92.2 Å². The quantitative estimate of drug-likeness (QED) is 0.731. The van der Waals surface area contributed by atoms with E-state index in [4.69, 9.17) is 5.26 Å². The van der Waals surface area contributed by atoms with Gasteiger partial charge in [-0.1, -0.05) is 0 Å². The van der Waals surface area contributed by atoms with E-state index in [0.717, 1.165) is 5.56 Å². The summed E-state index contributed by atoms with van der Waals surface area (Å²) < 4.78 is 13.3. The van der Waals surface area contributed by atoms with Crippen molar-refractivity contribution < 1.29 is 4.39 Å². The fraction of sp³-hybridized carbons (Fsp3) is 0.0833. The highest BCUT2D eigenvalue weighted by Gasteiger charge is 2.06. The second-order valence-electron chi connectivity index (χ2n) is 3.39. The molecule has 0 atom stereocenters. The SMILES string of the molecule is Cc1cnc(-c2ccc(C#N)c(F)c2)nc1. The monoisotopic (exact) mass is 213 g/mol. The number of benzene rings is 1. The molecule has 0 saturated heterocycles. The summed E-state index contributed by atoms with van der Waals surface area (Å²) in [5.74, 6) is -0.0989. The van der Waals surface area contributed by atoms with Gasteiger partial charge >= 0.3 is 0 Å². The van der Waals surface area contributed by atoms with E-state index in [0.29, 0.717) is 11.4 Å². The molecule has 0 spiro atoms. The van der Waals surface area contributed by atoms with E-state index < -0.39 is 5.82 Å². The Balaban J connectivity index is 2.46. The van der Waals surface area contributed by atoms with Gasteiger partial charge in [-0.05, 0) is 30.7 Å². The summed E-state index contributed by atoms with van der Waals surface area (Å²) in [5, 5.41) is 8.60. The van der Waals surface area contributed by atoms with Crippen LogP contribution in [-0.2, 0) is 0 Å². The van der Waals surface area contributed by atoms with Crippen LogP contribution in [0, 0.1) is 24.1 Å². The first kappa shape index (κ1) is 10.2. The van der Waals surface area contributed by atoms with E-state index >= 15 is 0 Å². The van der Waals surface area contributed by atoms with Gasteiger partial charge < -0.3 is 0 Å². The molecule has 0 aliphatic rings. The maximum absolute atomic E-state index is 13.3. The molecular formula is C12H8FN3. The summed E-state index contributed by atoms with van der Waals surface area (Å²) in [6.07, 6.45) is 3.33. The summed E-state index contributed by atoms with van der Waals surface area (Å²) in [4.78, 5) is 8.17. The third-order valence-corrected chi connectivity index (χ3v) is 2.13. The first-order valence-electron chi connectivity index (χ1n) is 4.69. The minimum absolute atomic E-state index is 0.0239. The summed E-state index contributed by atoms with van der Waals surface area (Å²) in [6, 6.07) is 6.09. The number of halogens is 1. The fourth-order valence-electron chi connectivity index (χ4n) is 1.29. The van der Waals surface area contributed by atoms with Crippen LogP contribution in [0.3, 0.4) is 0 Å². The largest absolute Gasteiger partial charge is 0.236 e. The number of nitriles is 1. The standard InChI is InChI=1S/C12H8FN3/c1-8-6-15-12(16-7-8)9-2-3-10(5-14)11(13)4-9/h2-4,6-7H,1H3. The second kappa shape index (κ2) is 4.07. The lowest BCUT2D eigenvalue weighted by molar-refractivity contribution is 0.624. The molecule has 0 unspecified atom stereocenters. The summed E-state index contributed by atoms with van der Waals surface area (Å²) in [6.45, 7) is 1.88. The molecule has 0 aliphatic carbocycles. The number of hydrogen-bond acceptors (Lipinski definition) is 3. The predicted molar refractivity (Wildman–Crippen MR) is 56.9 cm³/mol. The molecule has 0 radical (unpaired) electrons. The molecule has 4 heteroatoms. The maximum Gasteiger partial charge on any atom is 0.159 e. The van der Waals surface area contributed by atoms with Crippen molar-refractivity contribution in [1.82, 2.24) is 9.97 Å². The average Bonchev–Trinajstić information content (AvgIpc) is 2.30. The molecule has 0 amide bonds. The first-order chi connectivity index (χ1) is 7.70.